The molecule has 2 N–H and O–H groups in total. The highest BCUT2D eigenvalue weighted by Crippen LogP contribution is 2.17. The second kappa shape index (κ2) is 7.76. The first-order valence-electron chi connectivity index (χ1n) is 7.07. The van der Waals surface area contributed by atoms with Gasteiger partial charge in [-0.1, -0.05) is 17.8 Å². The van der Waals surface area contributed by atoms with Crippen molar-refractivity contribution >= 4 is 40.3 Å². The maximum absolute atomic E-state index is 11.9. The summed E-state index contributed by atoms with van der Waals surface area (Å²) in [6.45, 7) is 2.63. The molecule has 8 heteroatoms. The van der Waals surface area contributed by atoms with Crippen LogP contribution in [0.3, 0.4) is 0 Å². The lowest BCUT2D eigenvalue weighted by Crippen LogP contribution is -2.24. The number of hydrogen-bond acceptors (Lipinski definition) is 6. The summed E-state index contributed by atoms with van der Waals surface area (Å²) in [5.74, 6) is 1.14. The van der Waals surface area contributed by atoms with Gasteiger partial charge < -0.3 is 5.32 Å². The van der Waals surface area contributed by atoms with E-state index in [2.05, 4.69) is 39.6 Å². The molecule has 0 aliphatic rings. The third-order valence-corrected chi connectivity index (χ3v) is 5.93. The molecule has 0 saturated heterocycles. The van der Waals surface area contributed by atoms with Crippen LogP contribution in [0.15, 0.2) is 34.1 Å². The van der Waals surface area contributed by atoms with Crippen LogP contribution < -0.4 is 5.32 Å². The fourth-order valence-electron chi connectivity index (χ4n) is 1.94. The van der Waals surface area contributed by atoms with Crippen LogP contribution in [-0.4, -0.2) is 26.8 Å². The molecule has 0 fully saturated rings. The number of aryl methyl sites for hydroxylation is 1. The summed E-state index contributed by atoms with van der Waals surface area (Å²) in [6, 6.07) is 6.15. The largest absolute Gasteiger partial charge is 0.350 e. The Morgan fingerprint density at radius 1 is 1.35 bits per heavy atom. The summed E-state index contributed by atoms with van der Waals surface area (Å²) in [6.07, 6.45) is 0.745. The van der Waals surface area contributed by atoms with Crippen LogP contribution in [0.5, 0.6) is 0 Å². The Hall–Kier alpha value is -1.64. The minimum Gasteiger partial charge on any atom is -0.350 e. The van der Waals surface area contributed by atoms with E-state index in [1.165, 1.54) is 27.1 Å². The lowest BCUT2D eigenvalue weighted by atomic mass is 10.3. The normalized spacial score (nSPS) is 10.8. The van der Waals surface area contributed by atoms with Gasteiger partial charge in [0.1, 0.15) is 5.82 Å². The second-order valence-corrected chi connectivity index (χ2v) is 7.89. The molecule has 0 radical (unpaired) electrons. The summed E-state index contributed by atoms with van der Waals surface area (Å²) in [4.78, 5) is 18.7. The quantitative estimate of drug-likeness (QED) is 0.632. The molecule has 0 aliphatic carbocycles. The Kier molecular flexibility index (Phi) is 5.47. The van der Waals surface area contributed by atoms with E-state index in [1.54, 1.807) is 22.7 Å². The van der Waals surface area contributed by atoms with E-state index in [0.29, 0.717) is 17.5 Å². The fourth-order valence-corrected chi connectivity index (χ4v) is 4.15. The fraction of sp³-hybridized carbons (Fsp3) is 0.267. The van der Waals surface area contributed by atoms with Crippen molar-refractivity contribution in [3.05, 3.63) is 50.1 Å². The zero-order chi connectivity index (χ0) is 16.1. The Labute approximate surface area is 146 Å². The first kappa shape index (κ1) is 16.2. The van der Waals surface area contributed by atoms with Crippen LogP contribution in [0.1, 0.15) is 21.1 Å². The van der Waals surface area contributed by atoms with Crippen molar-refractivity contribution in [2.24, 2.45) is 0 Å². The van der Waals surface area contributed by atoms with E-state index < -0.39 is 0 Å². The van der Waals surface area contributed by atoms with Gasteiger partial charge in [0.15, 0.2) is 0 Å². The zero-order valence-corrected chi connectivity index (χ0v) is 15.0. The molecule has 0 aliphatic heterocycles. The van der Waals surface area contributed by atoms with E-state index in [4.69, 9.17) is 0 Å². The number of carbonyl (C=O) groups excluding carboxylic acids is 1. The van der Waals surface area contributed by atoms with E-state index in [1.807, 2.05) is 16.8 Å². The molecule has 5 nitrogen and oxygen atoms in total. The second-order valence-electron chi connectivity index (χ2n) is 4.91. The van der Waals surface area contributed by atoms with E-state index >= 15 is 0 Å². The predicted octanol–water partition coefficient (Wildman–Crippen LogP) is 3.24. The van der Waals surface area contributed by atoms with Crippen LogP contribution in [0, 0.1) is 6.92 Å². The van der Waals surface area contributed by atoms with Gasteiger partial charge in [-0.05, 0) is 35.4 Å². The Morgan fingerprint density at radius 2 is 2.26 bits per heavy atom. The molecule has 3 aromatic heterocycles. The number of nitrogens with zero attached hydrogens (tertiary/aromatic N) is 2. The number of rotatable bonds is 7. The summed E-state index contributed by atoms with van der Waals surface area (Å²) >= 11 is 4.70. The van der Waals surface area contributed by atoms with Crippen molar-refractivity contribution in [3.8, 4) is 0 Å². The maximum atomic E-state index is 11.9. The summed E-state index contributed by atoms with van der Waals surface area (Å²) in [5.41, 5.74) is 1.22. The van der Waals surface area contributed by atoms with Gasteiger partial charge in [-0.2, -0.15) is 0 Å². The van der Waals surface area contributed by atoms with E-state index in [0.717, 1.165) is 12.2 Å². The van der Waals surface area contributed by atoms with Crippen LogP contribution in [0.2, 0.25) is 0 Å². The molecule has 3 heterocycles. The van der Waals surface area contributed by atoms with Gasteiger partial charge >= 0.3 is 0 Å². The molecule has 1 amide bonds. The lowest BCUT2D eigenvalue weighted by Gasteiger charge is -2.03. The molecule has 120 valence electrons. The Bertz CT molecular complexity index is 763. The molecule has 0 atom stereocenters. The first-order chi connectivity index (χ1) is 11.2. The summed E-state index contributed by atoms with van der Waals surface area (Å²) in [5, 5.41) is 14.7. The third-order valence-electron chi connectivity index (χ3n) is 3.18. The van der Waals surface area contributed by atoms with E-state index in [9.17, 15) is 4.79 Å². The number of H-pyrrole nitrogens is 1. The van der Waals surface area contributed by atoms with Crippen molar-refractivity contribution in [1.82, 2.24) is 20.5 Å². The molecule has 0 bridgehead atoms. The van der Waals surface area contributed by atoms with Gasteiger partial charge in [0.25, 0.3) is 0 Å². The number of aromatic amines is 1. The highest BCUT2D eigenvalue weighted by molar-refractivity contribution is 7.99. The van der Waals surface area contributed by atoms with Crippen LogP contribution in [0.25, 0.3) is 0 Å². The molecule has 0 saturated carbocycles. The molecule has 3 aromatic rings. The van der Waals surface area contributed by atoms with Gasteiger partial charge in [0, 0.05) is 16.2 Å². The molecular formula is C15H16N4OS3. The zero-order valence-electron chi connectivity index (χ0n) is 12.5. The molecule has 23 heavy (non-hydrogen) atoms. The van der Waals surface area contributed by atoms with E-state index in [-0.39, 0.29) is 5.91 Å². The average molecular weight is 365 g/mol. The van der Waals surface area contributed by atoms with Crippen molar-refractivity contribution in [2.45, 2.75) is 25.0 Å². The molecule has 0 unspecified atom stereocenters. The molecular weight excluding hydrogens is 348 g/mol. The standard InChI is InChI=1S/C15H16N4OS3/c1-10-4-6-22-12(10)8-16-14(20)9-23-15-17-13(18-19-15)7-11-3-2-5-21-11/h2-6H,7-9H2,1H3,(H,16,20)(H,17,18,19). The number of carbonyl (C=O) groups is 1. The minimum absolute atomic E-state index is 0.00703. The van der Waals surface area contributed by atoms with Crippen molar-refractivity contribution in [3.63, 3.8) is 0 Å². The van der Waals surface area contributed by atoms with Crippen molar-refractivity contribution in [2.75, 3.05) is 5.75 Å². The van der Waals surface area contributed by atoms with Crippen LogP contribution in [-0.2, 0) is 17.8 Å². The van der Waals surface area contributed by atoms with Crippen LogP contribution >= 0.6 is 34.4 Å². The molecule has 3 rings (SSSR count). The van der Waals surface area contributed by atoms with Crippen LogP contribution in [0.4, 0.5) is 0 Å². The monoisotopic (exact) mass is 364 g/mol. The maximum Gasteiger partial charge on any atom is 0.230 e. The Morgan fingerprint density at radius 3 is 3.00 bits per heavy atom. The van der Waals surface area contributed by atoms with Crippen molar-refractivity contribution < 1.29 is 4.79 Å². The number of thioether (sulfide) groups is 1. The third kappa shape index (κ3) is 4.66. The SMILES string of the molecule is Cc1ccsc1CNC(=O)CSc1n[nH]c(Cc2cccs2)n1. The summed E-state index contributed by atoms with van der Waals surface area (Å²) in [7, 11) is 0. The lowest BCUT2D eigenvalue weighted by molar-refractivity contribution is -0.118. The number of nitrogens with one attached hydrogen (secondary N) is 2. The minimum atomic E-state index is -0.00703. The van der Waals surface area contributed by atoms with Gasteiger partial charge in [0.2, 0.25) is 11.1 Å². The summed E-state index contributed by atoms with van der Waals surface area (Å²) < 4.78 is 0. The molecule has 0 spiro atoms. The Balaban J connectivity index is 1.44. The number of thiophene rings is 2. The van der Waals surface area contributed by atoms with Crippen molar-refractivity contribution in [1.29, 1.82) is 0 Å². The predicted molar refractivity (Wildman–Crippen MR) is 95.1 cm³/mol. The average Bonchev–Trinajstić information content (AvgIpc) is 3.27. The van der Waals surface area contributed by atoms with Gasteiger partial charge in [-0.25, -0.2) is 4.98 Å². The number of aromatic nitrogens is 3. The van der Waals surface area contributed by atoms with Gasteiger partial charge in [0.05, 0.1) is 12.3 Å². The highest BCUT2D eigenvalue weighted by Gasteiger charge is 2.09. The first-order valence-corrected chi connectivity index (χ1v) is 9.81. The number of amides is 1. The highest BCUT2D eigenvalue weighted by atomic mass is 32.2. The molecule has 0 aromatic carbocycles. The van der Waals surface area contributed by atoms with Gasteiger partial charge in [-0.15, -0.1) is 27.8 Å². The van der Waals surface area contributed by atoms with Gasteiger partial charge in [-0.3, -0.25) is 9.89 Å². The number of hydrogen-bond donors (Lipinski definition) is 2. The topological polar surface area (TPSA) is 70.7 Å². The smallest absolute Gasteiger partial charge is 0.230 e.